The molecular formula is C6H11NO. The molecule has 0 radical (unpaired) electrons. The summed E-state index contributed by atoms with van der Waals surface area (Å²) in [6, 6.07) is 1.09. The average Bonchev–Trinajstić information content (AvgIpc) is 2.63. The minimum Gasteiger partial charge on any atom is -0.313 e. The topological polar surface area (TPSA) is 23.5 Å². The highest BCUT2D eigenvalue weighted by atomic mass is 16.5. The Morgan fingerprint density at radius 3 is 1.62 bits per heavy atom. The van der Waals surface area contributed by atoms with E-state index in [0.29, 0.717) is 12.1 Å². The molecule has 0 aromatic heterocycles. The summed E-state index contributed by atoms with van der Waals surface area (Å²) < 4.78 is 0. The van der Waals surface area contributed by atoms with Gasteiger partial charge in [0.05, 0.1) is 0 Å². The highest BCUT2D eigenvalue weighted by molar-refractivity contribution is 4.89. The maximum Gasteiger partial charge on any atom is 0.0354 e. The predicted molar refractivity (Wildman–Crippen MR) is 29.7 cm³/mol. The van der Waals surface area contributed by atoms with Crippen molar-refractivity contribution in [3.05, 3.63) is 0 Å². The zero-order chi connectivity index (χ0) is 5.56. The van der Waals surface area contributed by atoms with Gasteiger partial charge in [0, 0.05) is 12.1 Å². The summed E-state index contributed by atoms with van der Waals surface area (Å²) >= 11 is 0. The van der Waals surface area contributed by atoms with Crippen LogP contribution in [0.3, 0.4) is 0 Å². The summed E-state index contributed by atoms with van der Waals surface area (Å²) in [5.41, 5.74) is 0. The molecule has 2 heteroatoms. The first-order valence-corrected chi connectivity index (χ1v) is 3.35. The summed E-state index contributed by atoms with van der Waals surface area (Å²) in [5, 5.41) is 10.7. The van der Waals surface area contributed by atoms with Crippen molar-refractivity contribution in [3.63, 3.8) is 0 Å². The van der Waals surface area contributed by atoms with E-state index < -0.39 is 0 Å². The second kappa shape index (κ2) is 1.45. The van der Waals surface area contributed by atoms with Crippen LogP contribution in [0.4, 0.5) is 0 Å². The lowest BCUT2D eigenvalue weighted by molar-refractivity contribution is -0.108. The smallest absolute Gasteiger partial charge is 0.0354 e. The molecule has 0 saturated heterocycles. The Balaban J connectivity index is 1.84. The molecule has 0 heterocycles. The van der Waals surface area contributed by atoms with E-state index >= 15 is 0 Å². The Morgan fingerprint density at radius 1 is 1.00 bits per heavy atom. The molecule has 2 fully saturated rings. The van der Waals surface area contributed by atoms with Crippen molar-refractivity contribution < 1.29 is 5.21 Å². The number of hydrogen-bond donors (Lipinski definition) is 1. The van der Waals surface area contributed by atoms with Crippen molar-refractivity contribution in [3.8, 4) is 0 Å². The highest BCUT2D eigenvalue weighted by Crippen LogP contribution is 2.35. The van der Waals surface area contributed by atoms with Crippen molar-refractivity contribution in [1.82, 2.24) is 5.06 Å². The normalized spacial score (nSPS) is 29.2. The zero-order valence-electron chi connectivity index (χ0n) is 4.88. The third-order valence-corrected chi connectivity index (χ3v) is 1.84. The van der Waals surface area contributed by atoms with E-state index in [0.717, 1.165) is 0 Å². The molecule has 0 spiro atoms. The van der Waals surface area contributed by atoms with Crippen LogP contribution in [0.1, 0.15) is 25.7 Å². The molecule has 2 aliphatic rings. The van der Waals surface area contributed by atoms with Gasteiger partial charge >= 0.3 is 0 Å². The predicted octanol–water partition coefficient (Wildman–Crippen LogP) is 1.00. The van der Waals surface area contributed by atoms with E-state index in [1.807, 2.05) is 0 Å². The first-order chi connectivity index (χ1) is 3.88. The van der Waals surface area contributed by atoms with Gasteiger partial charge in [-0.3, -0.25) is 0 Å². The Kier molecular flexibility index (Phi) is 0.866. The van der Waals surface area contributed by atoms with E-state index in [4.69, 9.17) is 5.21 Å². The van der Waals surface area contributed by atoms with Crippen LogP contribution in [0.25, 0.3) is 0 Å². The van der Waals surface area contributed by atoms with E-state index in [9.17, 15) is 0 Å². The lowest BCUT2D eigenvalue weighted by Crippen LogP contribution is -2.23. The zero-order valence-corrected chi connectivity index (χ0v) is 4.88. The third kappa shape index (κ3) is 0.740. The first-order valence-electron chi connectivity index (χ1n) is 3.35. The maximum absolute atomic E-state index is 9.16. The van der Waals surface area contributed by atoms with Gasteiger partial charge in [-0.2, -0.15) is 5.06 Å². The summed E-state index contributed by atoms with van der Waals surface area (Å²) in [5.74, 6) is 0. The highest BCUT2D eigenvalue weighted by Gasteiger charge is 2.38. The molecule has 0 aromatic carbocycles. The largest absolute Gasteiger partial charge is 0.313 e. The number of nitrogens with zero attached hydrogens (tertiary/aromatic N) is 1. The van der Waals surface area contributed by atoms with Crippen LogP contribution >= 0.6 is 0 Å². The molecule has 2 nitrogen and oxygen atoms in total. The van der Waals surface area contributed by atoms with E-state index in [-0.39, 0.29) is 0 Å². The molecular weight excluding hydrogens is 102 g/mol. The van der Waals surface area contributed by atoms with Gasteiger partial charge in [0.15, 0.2) is 0 Å². The minimum absolute atomic E-state index is 0.544. The first kappa shape index (κ1) is 4.77. The molecule has 2 aliphatic carbocycles. The second-order valence-electron chi connectivity index (χ2n) is 2.84. The van der Waals surface area contributed by atoms with Crippen molar-refractivity contribution in [2.24, 2.45) is 0 Å². The molecule has 0 aromatic rings. The van der Waals surface area contributed by atoms with Gasteiger partial charge in [0.25, 0.3) is 0 Å². The Hall–Kier alpha value is -0.0800. The van der Waals surface area contributed by atoms with Crippen LogP contribution in [0.2, 0.25) is 0 Å². The monoisotopic (exact) mass is 113 g/mol. The van der Waals surface area contributed by atoms with Crippen molar-refractivity contribution in [1.29, 1.82) is 0 Å². The Labute approximate surface area is 49.1 Å². The molecule has 0 unspecified atom stereocenters. The van der Waals surface area contributed by atoms with Crippen molar-refractivity contribution in [2.75, 3.05) is 0 Å². The molecule has 0 atom stereocenters. The van der Waals surface area contributed by atoms with Gasteiger partial charge in [0.1, 0.15) is 0 Å². The molecule has 8 heavy (non-hydrogen) atoms. The molecule has 1 N–H and O–H groups in total. The van der Waals surface area contributed by atoms with Gasteiger partial charge in [-0.05, 0) is 25.7 Å². The van der Waals surface area contributed by atoms with Gasteiger partial charge in [-0.25, -0.2) is 0 Å². The number of hydroxylamine groups is 2. The molecule has 2 rings (SSSR count). The van der Waals surface area contributed by atoms with Gasteiger partial charge in [-0.1, -0.05) is 0 Å². The lowest BCUT2D eigenvalue weighted by atomic mass is 10.6. The standard InChI is InChI=1S/C6H11NO/c8-7(5-1-2-5)6-3-4-6/h5-6,8H,1-4H2. The van der Waals surface area contributed by atoms with Gasteiger partial charge < -0.3 is 5.21 Å². The third-order valence-electron chi connectivity index (χ3n) is 1.84. The summed E-state index contributed by atoms with van der Waals surface area (Å²) in [4.78, 5) is 0. The van der Waals surface area contributed by atoms with E-state index in [2.05, 4.69) is 0 Å². The molecule has 0 bridgehead atoms. The summed E-state index contributed by atoms with van der Waals surface area (Å²) in [6.07, 6.45) is 4.86. The number of rotatable bonds is 2. The second-order valence-corrected chi connectivity index (χ2v) is 2.84. The minimum atomic E-state index is 0.544. The van der Waals surface area contributed by atoms with Crippen LogP contribution in [-0.4, -0.2) is 22.4 Å². The fourth-order valence-corrected chi connectivity index (χ4v) is 0.976. The average molecular weight is 113 g/mol. The lowest BCUT2D eigenvalue weighted by Gasteiger charge is -2.10. The fraction of sp³-hybridized carbons (Fsp3) is 1.00. The van der Waals surface area contributed by atoms with Crippen molar-refractivity contribution >= 4 is 0 Å². The van der Waals surface area contributed by atoms with Crippen LogP contribution < -0.4 is 0 Å². The molecule has 0 aliphatic heterocycles. The molecule has 46 valence electrons. The van der Waals surface area contributed by atoms with Crippen LogP contribution in [-0.2, 0) is 0 Å². The van der Waals surface area contributed by atoms with Crippen LogP contribution in [0.5, 0.6) is 0 Å². The summed E-state index contributed by atoms with van der Waals surface area (Å²) in [7, 11) is 0. The molecule has 0 amide bonds. The SMILES string of the molecule is ON(C1CC1)C1CC1. The quantitative estimate of drug-likeness (QED) is 0.540. The van der Waals surface area contributed by atoms with Crippen molar-refractivity contribution in [2.45, 2.75) is 37.8 Å². The van der Waals surface area contributed by atoms with Crippen LogP contribution in [0, 0.1) is 0 Å². The van der Waals surface area contributed by atoms with E-state index in [1.54, 1.807) is 5.06 Å². The summed E-state index contributed by atoms with van der Waals surface area (Å²) in [6.45, 7) is 0. The van der Waals surface area contributed by atoms with Gasteiger partial charge in [-0.15, -0.1) is 0 Å². The molecule has 2 saturated carbocycles. The van der Waals surface area contributed by atoms with Gasteiger partial charge in [0.2, 0.25) is 0 Å². The Morgan fingerprint density at radius 2 is 1.38 bits per heavy atom. The van der Waals surface area contributed by atoms with Crippen LogP contribution in [0.15, 0.2) is 0 Å². The Bertz CT molecular complexity index is 84.7. The maximum atomic E-state index is 9.16. The fourth-order valence-electron chi connectivity index (χ4n) is 0.976. The van der Waals surface area contributed by atoms with E-state index in [1.165, 1.54) is 25.7 Å². The number of hydrogen-bond acceptors (Lipinski definition) is 2.